The number of rotatable bonds is 8. The second-order valence-corrected chi connectivity index (χ2v) is 9.51. The molecule has 5 rings (SSSR count). The molecule has 0 spiro atoms. The Morgan fingerprint density at radius 1 is 0.921 bits per heavy atom. The highest BCUT2D eigenvalue weighted by Gasteiger charge is 2.36. The van der Waals surface area contributed by atoms with Gasteiger partial charge in [0.1, 0.15) is 13.2 Å². The molecule has 38 heavy (non-hydrogen) atoms. The maximum atomic E-state index is 12.9. The summed E-state index contributed by atoms with van der Waals surface area (Å²) in [5.41, 5.74) is 2.29. The Balaban J connectivity index is 1.31. The van der Waals surface area contributed by atoms with Crippen LogP contribution in [0.2, 0.25) is 0 Å². The van der Waals surface area contributed by atoms with Crippen molar-refractivity contribution in [3.05, 3.63) is 107 Å². The fourth-order valence-electron chi connectivity index (χ4n) is 4.12. The van der Waals surface area contributed by atoms with Crippen LogP contribution in [0.1, 0.15) is 11.1 Å². The van der Waals surface area contributed by atoms with E-state index in [1.54, 1.807) is 55.7 Å². The van der Waals surface area contributed by atoms with E-state index in [1.165, 1.54) is 0 Å². The zero-order chi connectivity index (χ0) is 26.5. The number of nitrogens with zero attached hydrogens (tertiary/aromatic N) is 1. The van der Waals surface area contributed by atoms with E-state index >= 15 is 0 Å². The van der Waals surface area contributed by atoms with Crippen molar-refractivity contribution >= 4 is 51.4 Å². The van der Waals surface area contributed by atoms with Gasteiger partial charge in [-0.2, -0.15) is 0 Å². The molecule has 0 saturated carbocycles. The van der Waals surface area contributed by atoms with Gasteiger partial charge in [-0.1, -0.05) is 66.7 Å². The number of amides is 3. The predicted molar refractivity (Wildman–Crippen MR) is 149 cm³/mol. The summed E-state index contributed by atoms with van der Waals surface area (Å²) in [5, 5.41) is 4.43. The van der Waals surface area contributed by atoms with Gasteiger partial charge < -0.3 is 14.8 Å². The van der Waals surface area contributed by atoms with Gasteiger partial charge in [0, 0.05) is 5.69 Å². The van der Waals surface area contributed by atoms with Crippen LogP contribution in [0.3, 0.4) is 0 Å². The molecule has 0 atom stereocenters. The zero-order valence-corrected chi connectivity index (χ0v) is 21.4. The molecule has 0 aromatic heterocycles. The molecular formula is C30H24N2O5S. The smallest absolute Gasteiger partial charge is 0.294 e. The molecule has 1 fully saturated rings. The Morgan fingerprint density at radius 3 is 2.50 bits per heavy atom. The maximum Gasteiger partial charge on any atom is 0.294 e. The van der Waals surface area contributed by atoms with Crippen LogP contribution in [0.25, 0.3) is 16.8 Å². The van der Waals surface area contributed by atoms with Gasteiger partial charge in [-0.05, 0) is 64.0 Å². The molecule has 0 aliphatic carbocycles. The molecular weight excluding hydrogens is 500 g/mol. The molecule has 7 nitrogen and oxygen atoms in total. The van der Waals surface area contributed by atoms with Crippen molar-refractivity contribution in [2.45, 2.75) is 6.61 Å². The van der Waals surface area contributed by atoms with Crippen LogP contribution >= 0.6 is 11.8 Å². The summed E-state index contributed by atoms with van der Waals surface area (Å²) in [6.45, 7) is -0.0346. The van der Waals surface area contributed by atoms with Crippen molar-refractivity contribution < 1.29 is 23.9 Å². The van der Waals surface area contributed by atoms with E-state index in [2.05, 4.69) is 23.5 Å². The lowest BCUT2D eigenvalue weighted by Crippen LogP contribution is -2.36. The number of methoxy groups -OCH3 is 1. The molecule has 4 aromatic rings. The number of carbonyl (C=O) groups is 3. The SMILES string of the molecule is COc1ccc(/C=C2\SC(=O)N(CC(=O)Nc3ccccc3)C2=O)cc1OCc1cccc2ccccc12. The summed E-state index contributed by atoms with van der Waals surface area (Å²) >= 11 is 0.799. The fourth-order valence-corrected chi connectivity index (χ4v) is 4.96. The highest BCUT2D eigenvalue weighted by Crippen LogP contribution is 2.35. The number of thioether (sulfide) groups is 1. The molecule has 0 unspecified atom stereocenters. The molecule has 1 saturated heterocycles. The quantitative estimate of drug-likeness (QED) is 0.280. The van der Waals surface area contributed by atoms with E-state index < -0.39 is 17.1 Å². The second-order valence-electron chi connectivity index (χ2n) is 8.52. The van der Waals surface area contributed by atoms with Gasteiger partial charge in [0.2, 0.25) is 5.91 Å². The first-order valence-electron chi connectivity index (χ1n) is 11.9. The van der Waals surface area contributed by atoms with Crippen molar-refractivity contribution in [1.82, 2.24) is 4.90 Å². The van der Waals surface area contributed by atoms with Crippen molar-refractivity contribution in [2.75, 3.05) is 19.0 Å². The highest BCUT2D eigenvalue weighted by atomic mass is 32.2. The van der Waals surface area contributed by atoms with Crippen LogP contribution < -0.4 is 14.8 Å². The van der Waals surface area contributed by atoms with Crippen LogP contribution in [0.15, 0.2) is 95.9 Å². The third kappa shape index (κ3) is 5.55. The summed E-state index contributed by atoms with van der Waals surface area (Å²) in [5.74, 6) is 0.0919. The van der Waals surface area contributed by atoms with Gasteiger partial charge >= 0.3 is 0 Å². The summed E-state index contributed by atoms with van der Waals surface area (Å²) in [7, 11) is 1.56. The van der Waals surface area contributed by atoms with E-state index in [0.717, 1.165) is 33.0 Å². The average Bonchev–Trinajstić information content (AvgIpc) is 3.19. The van der Waals surface area contributed by atoms with Crippen LogP contribution in [0, 0.1) is 0 Å². The number of nitrogens with one attached hydrogen (secondary N) is 1. The zero-order valence-electron chi connectivity index (χ0n) is 20.5. The number of imide groups is 1. The van der Waals surface area contributed by atoms with E-state index in [9.17, 15) is 14.4 Å². The third-order valence-electron chi connectivity index (χ3n) is 5.98. The number of para-hydroxylation sites is 1. The van der Waals surface area contributed by atoms with E-state index in [4.69, 9.17) is 9.47 Å². The van der Waals surface area contributed by atoms with Crippen molar-refractivity contribution in [2.24, 2.45) is 0 Å². The predicted octanol–water partition coefficient (Wildman–Crippen LogP) is 6.10. The van der Waals surface area contributed by atoms with Gasteiger partial charge in [-0.25, -0.2) is 0 Å². The number of hydrogen-bond donors (Lipinski definition) is 1. The van der Waals surface area contributed by atoms with E-state index in [0.29, 0.717) is 29.4 Å². The third-order valence-corrected chi connectivity index (χ3v) is 6.89. The number of hydrogen-bond acceptors (Lipinski definition) is 6. The van der Waals surface area contributed by atoms with Gasteiger partial charge in [0.25, 0.3) is 11.1 Å². The lowest BCUT2D eigenvalue weighted by atomic mass is 10.1. The topological polar surface area (TPSA) is 84.9 Å². The summed E-state index contributed by atoms with van der Waals surface area (Å²) in [4.78, 5) is 39.0. The Morgan fingerprint density at radius 2 is 1.68 bits per heavy atom. The number of anilines is 1. The molecule has 1 N–H and O–H groups in total. The fraction of sp³-hybridized carbons (Fsp3) is 0.100. The summed E-state index contributed by atoms with van der Waals surface area (Å²) in [6.07, 6.45) is 1.62. The molecule has 1 aliphatic heterocycles. The van der Waals surface area contributed by atoms with Gasteiger partial charge in [-0.3, -0.25) is 19.3 Å². The van der Waals surface area contributed by atoms with Crippen LogP contribution in [0.4, 0.5) is 10.5 Å². The molecule has 1 heterocycles. The number of fused-ring (bicyclic) bond motifs is 1. The van der Waals surface area contributed by atoms with Crippen LogP contribution in [0.5, 0.6) is 11.5 Å². The minimum atomic E-state index is -0.516. The maximum absolute atomic E-state index is 12.9. The van der Waals surface area contributed by atoms with E-state index in [1.807, 2.05) is 30.3 Å². The van der Waals surface area contributed by atoms with E-state index in [-0.39, 0.29) is 11.4 Å². The highest BCUT2D eigenvalue weighted by molar-refractivity contribution is 8.18. The Hall–Kier alpha value is -4.56. The Kier molecular flexibility index (Phi) is 7.42. The minimum Gasteiger partial charge on any atom is -0.493 e. The van der Waals surface area contributed by atoms with Crippen LogP contribution in [-0.4, -0.2) is 35.6 Å². The molecule has 0 radical (unpaired) electrons. The monoisotopic (exact) mass is 524 g/mol. The first-order chi connectivity index (χ1) is 18.5. The molecule has 1 aliphatic rings. The number of ether oxygens (including phenoxy) is 2. The summed E-state index contributed by atoms with van der Waals surface area (Å²) in [6, 6.07) is 28.3. The van der Waals surface area contributed by atoms with Crippen molar-refractivity contribution in [1.29, 1.82) is 0 Å². The molecule has 3 amide bonds. The standard InChI is InChI=1S/C30H24N2O5S/c1-36-25-15-14-20(16-26(25)37-19-22-10-7-9-21-8-5-6-13-24(21)22)17-27-29(34)32(30(35)38-27)18-28(33)31-23-11-3-2-4-12-23/h2-17H,18-19H2,1H3,(H,31,33)/b27-17-. The number of carbonyl (C=O) groups excluding carboxylic acids is 3. The number of benzene rings is 4. The first kappa shape index (κ1) is 25.1. The van der Waals surface area contributed by atoms with Gasteiger partial charge in [-0.15, -0.1) is 0 Å². The normalized spacial score (nSPS) is 14.2. The molecule has 4 aromatic carbocycles. The van der Waals surface area contributed by atoms with Crippen molar-refractivity contribution in [3.63, 3.8) is 0 Å². The molecule has 8 heteroatoms. The first-order valence-corrected chi connectivity index (χ1v) is 12.7. The van der Waals surface area contributed by atoms with Crippen molar-refractivity contribution in [3.8, 4) is 11.5 Å². The lowest BCUT2D eigenvalue weighted by Gasteiger charge is -2.13. The molecule has 0 bridgehead atoms. The minimum absolute atomic E-state index is 0.229. The average molecular weight is 525 g/mol. The second kappa shape index (κ2) is 11.2. The molecule has 190 valence electrons. The van der Waals surface area contributed by atoms with Crippen LogP contribution in [-0.2, 0) is 16.2 Å². The largest absolute Gasteiger partial charge is 0.493 e. The summed E-state index contributed by atoms with van der Waals surface area (Å²) < 4.78 is 11.6. The van der Waals surface area contributed by atoms with Gasteiger partial charge in [0.05, 0.1) is 12.0 Å². The Bertz CT molecular complexity index is 1550. The Labute approximate surface area is 224 Å². The lowest BCUT2D eigenvalue weighted by molar-refractivity contribution is -0.127. The van der Waals surface area contributed by atoms with Gasteiger partial charge in [0.15, 0.2) is 11.5 Å².